The number of nitrogens with zero attached hydrogens (tertiary/aromatic N) is 10. The van der Waals surface area contributed by atoms with Crippen molar-refractivity contribution < 1.29 is 54.6 Å². The molecular weight excluding hydrogens is 1030 g/mol. The third kappa shape index (κ3) is 10.7. The molecule has 6 N–H and O–H groups in total. The van der Waals surface area contributed by atoms with E-state index in [0.29, 0.717) is 71.1 Å². The van der Waals surface area contributed by atoms with Crippen LogP contribution in [-0.4, -0.2) is 109 Å². The molecule has 0 amide bonds. The van der Waals surface area contributed by atoms with E-state index in [4.69, 9.17) is 26.5 Å². The van der Waals surface area contributed by atoms with E-state index in [0.717, 1.165) is 12.8 Å². The zero-order chi connectivity index (χ0) is 51.4. The van der Waals surface area contributed by atoms with Gasteiger partial charge in [0.05, 0.1) is 4.47 Å². The summed E-state index contributed by atoms with van der Waals surface area (Å²) in [6.45, 7) is 2.31. The summed E-state index contributed by atoms with van der Waals surface area (Å²) >= 11 is 3.18. The fraction of sp³-hybridized carbons (Fsp3) is 0.217. The zero-order valence-electron chi connectivity index (χ0n) is 37.1. The Kier molecular flexibility index (Phi) is 14.6. The van der Waals surface area contributed by atoms with Gasteiger partial charge in [-0.25, -0.2) is 38.7 Å². The van der Waals surface area contributed by atoms with Crippen molar-refractivity contribution in [3.8, 4) is 22.6 Å². The summed E-state index contributed by atoms with van der Waals surface area (Å²) in [7, 11) is -1.47. The summed E-state index contributed by atoms with van der Waals surface area (Å²) in [6, 6.07) is 19.7. The lowest BCUT2D eigenvalue weighted by molar-refractivity contribution is -0.275. The molecule has 0 bridgehead atoms. The molecule has 72 heavy (non-hydrogen) atoms. The molecule has 26 heteroatoms. The SMILES string of the molecule is NC1=NC(c2ccc(OC(F)(F)F)cc2)(c2ccc(F)c(-c3cncnc3)c2)C2=NCCCN12.NC1=NC(c2ccc(OC(F)(F)F)cc2)(c2ccc(F)c(Br)c2)C2=NCCCN12.OB(O)c1cncnc1. The first-order valence-electron chi connectivity index (χ1n) is 21.5. The van der Waals surface area contributed by atoms with E-state index in [1.54, 1.807) is 34.1 Å². The van der Waals surface area contributed by atoms with E-state index < -0.39 is 42.6 Å². The highest BCUT2D eigenvalue weighted by Crippen LogP contribution is 2.45. The van der Waals surface area contributed by atoms with Gasteiger partial charge in [-0.05, 0) is 99.6 Å². The second-order valence-electron chi connectivity index (χ2n) is 15.9. The number of alkyl halides is 6. The fourth-order valence-corrected chi connectivity index (χ4v) is 8.70. The van der Waals surface area contributed by atoms with Gasteiger partial charge in [-0.2, -0.15) is 0 Å². The Morgan fingerprint density at radius 3 is 1.42 bits per heavy atom. The van der Waals surface area contributed by atoms with Crippen LogP contribution in [0.4, 0.5) is 35.1 Å². The molecule has 6 heterocycles. The van der Waals surface area contributed by atoms with Gasteiger partial charge in [-0.15, -0.1) is 26.3 Å². The lowest BCUT2D eigenvalue weighted by atomic mass is 9.81. The van der Waals surface area contributed by atoms with Gasteiger partial charge in [0.1, 0.15) is 47.5 Å². The molecule has 10 rings (SSSR count). The van der Waals surface area contributed by atoms with Gasteiger partial charge in [-0.1, -0.05) is 36.4 Å². The van der Waals surface area contributed by atoms with Crippen LogP contribution in [0.2, 0.25) is 0 Å². The molecule has 0 fully saturated rings. The van der Waals surface area contributed by atoms with E-state index in [-0.39, 0.29) is 33.5 Å². The number of fused-ring (bicyclic) bond motifs is 2. The molecule has 4 aliphatic heterocycles. The molecule has 0 radical (unpaired) electrons. The molecular formula is C46H38BBrF8N12O4. The van der Waals surface area contributed by atoms with Crippen molar-refractivity contribution in [2.24, 2.45) is 31.4 Å². The van der Waals surface area contributed by atoms with Gasteiger partial charge >= 0.3 is 19.8 Å². The molecule has 16 nitrogen and oxygen atoms in total. The normalized spacial score (nSPS) is 19.2. The van der Waals surface area contributed by atoms with Crippen molar-refractivity contribution in [3.63, 3.8) is 0 Å². The first-order valence-corrected chi connectivity index (χ1v) is 22.3. The van der Waals surface area contributed by atoms with Crippen molar-refractivity contribution in [2.45, 2.75) is 36.6 Å². The van der Waals surface area contributed by atoms with Crippen LogP contribution in [0, 0.1) is 11.6 Å². The number of nitrogens with two attached hydrogens (primary N) is 2. The number of ether oxygens (including phenoxy) is 2. The summed E-state index contributed by atoms with van der Waals surface area (Å²) in [6.07, 6.45) is 0.286. The first kappa shape index (κ1) is 50.8. The Balaban J connectivity index is 0.000000166. The number of aromatic nitrogens is 4. The molecule has 0 saturated heterocycles. The maximum Gasteiger partial charge on any atom is 0.573 e. The average Bonchev–Trinajstić information content (AvgIpc) is 3.84. The lowest BCUT2D eigenvalue weighted by Crippen LogP contribution is -2.46. The largest absolute Gasteiger partial charge is 0.573 e. The molecule has 6 aromatic rings. The minimum Gasteiger partial charge on any atom is -0.423 e. The molecule has 0 saturated carbocycles. The molecule has 4 aliphatic rings. The van der Waals surface area contributed by atoms with Crippen molar-refractivity contribution in [1.29, 1.82) is 0 Å². The van der Waals surface area contributed by atoms with Crippen molar-refractivity contribution in [2.75, 3.05) is 26.2 Å². The van der Waals surface area contributed by atoms with Gasteiger partial charge in [0.2, 0.25) is 0 Å². The van der Waals surface area contributed by atoms with Crippen molar-refractivity contribution in [3.05, 3.63) is 161 Å². The lowest BCUT2D eigenvalue weighted by Gasteiger charge is -2.33. The molecule has 0 spiro atoms. The Morgan fingerprint density at radius 1 is 0.583 bits per heavy atom. The second-order valence-corrected chi connectivity index (χ2v) is 16.8. The smallest absolute Gasteiger partial charge is 0.423 e. The predicted molar refractivity (Wildman–Crippen MR) is 252 cm³/mol. The van der Waals surface area contributed by atoms with Crippen molar-refractivity contribution in [1.82, 2.24) is 29.7 Å². The van der Waals surface area contributed by atoms with Crippen LogP contribution in [0.25, 0.3) is 11.1 Å². The molecule has 2 aromatic heterocycles. The highest BCUT2D eigenvalue weighted by Gasteiger charge is 2.51. The van der Waals surface area contributed by atoms with Crippen LogP contribution < -0.4 is 26.4 Å². The van der Waals surface area contributed by atoms with Crippen LogP contribution >= 0.6 is 15.9 Å². The number of aliphatic imine (C=N–C) groups is 4. The number of halogens is 9. The molecule has 2 unspecified atom stereocenters. The van der Waals surface area contributed by atoms with Crippen LogP contribution in [-0.2, 0) is 11.1 Å². The molecule has 2 atom stereocenters. The fourth-order valence-electron chi connectivity index (χ4n) is 8.32. The Hall–Kier alpha value is -7.58. The number of hydrogen-bond acceptors (Lipinski definition) is 16. The van der Waals surface area contributed by atoms with Gasteiger partial charge in [0, 0.05) is 67.6 Å². The topological polar surface area (TPSA) is 218 Å². The Morgan fingerprint density at radius 2 is 1.00 bits per heavy atom. The standard InChI is InChI=1S/C23H18F4N6O.C19H15BrF4N4O.C4H5BN2O2/c24-19-7-4-16(10-18(19)14-11-29-13-30-12-14)22(20-31-8-1-9-33(20)21(28)32-22)15-2-5-17(6-3-15)34-23(25,26)27;20-14-10-12(4-7-15(14)21)18(16-26-8-1-9-28(16)17(25)27-18)11-2-5-13(6-3-11)29-19(22,23)24;8-5(9)4-1-6-3-7-2-4/h2-7,10-13H,1,8-9H2,(H2,28,32);2-7,10H,1,8-9H2,(H2,25,27);1-3,8-9H. The third-order valence-electron chi connectivity index (χ3n) is 11.4. The van der Waals surface area contributed by atoms with Gasteiger partial charge in [0.15, 0.2) is 23.0 Å². The maximum atomic E-state index is 14.8. The number of guanidine groups is 2. The van der Waals surface area contributed by atoms with E-state index in [1.807, 2.05) is 0 Å². The average molecular weight is 1070 g/mol. The Labute approximate surface area is 412 Å². The summed E-state index contributed by atoms with van der Waals surface area (Å²) in [5.41, 5.74) is 13.1. The number of benzene rings is 4. The van der Waals surface area contributed by atoms with Crippen LogP contribution in [0.1, 0.15) is 35.1 Å². The number of amidine groups is 2. The predicted octanol–water partition coefficient (Wildman–Crippen LogP) is 6.18. The molecule has 0 aliphatic carbocycles. The number of rotatable bonds is 8. The van der Waals surface area contributed by atoms with Gasteiger partial charge < -0.3 is 31.0 Å². The maximum absolute atomic E-state index is 14.8. The molecule has 372 valence electrons. The number of hydrogen-bond donors (Lipinski definition) is 4. The van der Waals surface area contributed by atoms with E-state index in [1.165, 1.54) is 98.1 Å². The molecule has 4 aromatic carbocycles. The van der Waals surface area contributed by atoms with E-state index in [2.05, 4.69) is 60.3 Å². The quantitative estimate of drug-likeness (QED) is 0.0994. The van der Waals surface area contributed by atoms with Crippen LogP contribution in [0.5, 0.6) is 11.5 Å². The summed E-state index contributed by atoms with van der Waals surface area (Å²) in [5, 5.41) is 17.0. The summed E-state index contributed by atoms with van der Waals surface area (Å²) < 4.78 is 112. The van der Waals surface area contributed by atoms with Gasteiger partial charge in [-0.3, -0.25) is 19.8 Å². The minimum absolute atomic E-state index is 0.225. The van der Waals surface area contributed by atoms with Gasteiger partial charge in [0.25, 0.3) is 0 Å². The van der Waals surface area contributed by atoms with E-state index >= 15 is 0 Å². The second kappa shape index (κ2) is 20.6. The highest BCUT2D eigenvalue weighted by atomic mass is 79.9. The zero-order valence-corrected chi connectivity index (χ0v) is 38.7. The summed E-state index contributed by atoms with van der Waals surface area (Å²) in [5.74, 6) is -0.0938. The highest BCUT2D eigenvalue weighted by molar-refractivity contribution is 9.10. The first-order chi connectivity index (χ1) is 34.3. The summed E-state index contributed by atoms with van der Waals surface area (Å²) in [4.78, 5) is 37.3. The minimum atomic E-state index is -4.82. The Bertz CT molecular complexity index is 3030. The third-order valence-corrected chi connectivity index (χ3v) is 12.0. The van der Waals surface area contributed by atoms with E-state index in [9.17, 15) is 35.1 Å². The monoisotopic (exact) mass is 1060 g/mol. The van der Waals surface area contributed by atoms with Crippen molar-refractivity contribution >= 4 is 52.1 Å². The van der Waals surface area contributed by atoms with Crippen LogP contribution in [0.15, 0.2) is 147 Å². The van der Waals surface area contributed by atoms with Crippen LogP contribution in [0.3, 0.4) is 0 Å².